The van der Waals surface area contributed by atoms with E-state index >= 15 is 0 Å². The average Bonchev–Trinajstić information content (AvgIpc) is 3.89. The fourth-order valence-corrected chi connectivity index (χ4v) is 9.04. The summed E-state index contributed by atoms with van der Waals surface area (Å²) in [5, 5.41) is 5.80. The first-order valence-electron chi connectivity index (χ1n) is 23.1. The van der Waals surface area contributed by atoms with Gasteiger partial charge in [-0.2, -0.15) is 0 Å². The Morgan fingerprint density at radius 1 is 0.955 bits per heavy atom. The summed E-state index contributed by atoms with van der Waals surface area (Å²) < 4.78 is 26.1. The number of Topliss-reactive ketones (excluding diaryl/α,β-unsaturated/α-hetero) is 1. The molecule has 0 saturated carbocycles. The molecule has 15 heteroatoms. The molecule has 3 unspecified atom stereocenters. The number of carbonyl (C=O) groups is 5. The lowest BCUT2D eigenvalue weighted by Crippen LogP contribution is -2.57. The lowest BCUT2D eigenvalue weighted by atomic mass is 10.00. The predicted molar refractivity (Wildman–Crippen MR) is 255 cm³/mol. The van der Waals surface area contributed by atoms with E-state index in [4.69, 9.17) is 18.9 Å². The van der Waals surface area contributed by atoms with Gasteiger partial charge in [0.25, 0.3) is 11.8 Å². The molecule has 15 nitrogen and oxygen atoms in total. The zero-order valence-electron chi connectivity index (χ0n) is 38.3. The van der Waals surface area contributed by atoms with Crippen LogP contribution in [0.15, 0.2) is 103 Å². The minimum absolute atomic E-state index is 0.0248. The fourth-order valence-electron chi connectivity index (χ4n) is 9.04. The van der Waals surface area contributed by atoms with Gasteiger partial charge in [-0.05, 0) is 98.9 Å². The Morgan fingerprint density at radius 3 is 2.51 bits per heavy atom. The van der Waals surface area contributed by atoms with Crippen LogP contribution in [0.25, 0.3) is 5.70 Å². The molecule has 3 aromatic carbocycles. The van der Waals surface area contributed by atoms with Gasteiger partial charge in [0.2, 0.25) is 5.91 Å². The first-order chi connectivity index (χ1) is 32.5. The third-order valence-corrected chi connectivity index (χ3v) is 12.5. The molecule has 2 N–H and O–H groups in total. The van der Waals surface area contributed by atoms with Gasteiger partial charge in [0, 0.05) is 56.9 Å². The van der Waals surface area contributed by atoms with Gasteiger partial charge < -0.3 is 39.0 Å². The molecule has 0 aliphatic carbocycles. The van der Waals surface area contributed by atoms with Crippen LogP contribution in [0.1, 0.15) is 95.8 Å². The number of amides is 4. The van der Waals surface area contributed by atoms with Crippen molar-refractivity contribution in [2.75, 3.05) is 41.9 Å². The van der Waals surface area contributed by atoms with Crippen molar-refractivity contribution in [1.82, 2.24) is 9.47 Å². The van der Waals surface area contributed by atoms with E-state index in [2.05, 4.69) is 22.2 Å². The zero-order valence-corrected chi connectivity index (χ0v) is 38.3. The Hall–Kier alpha value is -6.84. The van der Waals surface area contributed by atoms with Gasteiger partial charge >= 0.3 is 6.09 Å². The highest BCUT2D eigenvalue weighted by molar-refractivity contribution is 6.45. The molecule has 2 saturated heterocycles. The number of para-hydroxylation sites is 1. The normalized spacial score (nSPS) is 20.1. The van der Waals surface area contributed by atoms with Gasteiger partial charge in [0.1, 0.15) is 18.1 Å². The van der Waals surface area contributed by atoms with E-state index in [0.29, 0.717) is 83.5 Å². The van der Waals surface area contributed by atoms with Crippen LogP contribution in [-0.4, -0.2) is 89.7 Å². The first-order valence-corrected chi connectivity index (χ1v) is 23.1. The highest BCUT2D eigenvalue weighted by Crippen LogP contribution is 2.40. The second kappa shape index (κ2) is 21.2. The molecule has 4 aromatic rings. The number of allylic oxidation sites excluding steroid dienone is 1. The molecule has 2 fully saturated rings. The smallest absolute Gasteiger partial charge is 0.416 e. The highest BCUT2D eigenvalue weighted by Gasteiger charge is 2.46. The minimum atomic E-state index is -0.859. The molecule has 350 valence electrons. The summed E-state index contributed by atoms with van der Waals surface area (Å²) >= 11 is 0. The Morgan fingerprint density at radius 2 is 1.75 bits per heavy atom. The van der Waals surface area contributed by atoms with Crippen LogP contribution in [0.3, 0.4) is 0 Å². The van der Waals surface area contributed by atoms with Crippen LogP contribution in [0.4, 0.5) is 21.9 Å². The molecule has 1 aromatic heterocycles. The molecule has 0 spiro atoms. The number of ketones is 1. The van der Waals surface area contributed by atoms with E-state index < -0.39 is 24.7 Å². The fraction of sp³-hybridized carbons (Fsp3) is 0.385. The number of aromatic nitrogens is 1. The monoisotopic (exact) mass is 910 g/mol. The average molecular weight is 911 g/mol. The highest BCUT2D eigenvalue weighted by atomic mass is 16.7. The second-order valence-corrected chi connectivity index (χ2v) is 17.4. The molecule has 67 heavy (non-hydrogen) atoms. The van der Waals surface area contributed by atoms with E-state index in [1.807, 2.05) is 79.4 Å². The third-order valence-electron chi connectivity index (χ3n) is 12.5. The van der Waals surface area contributed by atoms with Crippen LogP contribution < -0.4 is 20.3 Å². The minimum Gasteiger partial charge on any atom is -0.493 e. The number of aliphatic imine (C=N–C) groups is 1. The van der Waals surface area contributed by atoms with Gasteiger partial charge in [-0.3, -0.25) is 19.2 Å². The largest absolute Gasteiger partial charge is 0.493 e. The summed E-state index contributed by atoms with van der Waals surface area (Å²) in [5.41, 5.74) is 5.83. The Kier molecular flexibility index (Phi) is 14.8. The van der Waals surface area contributed by atoms with Crippen molar-refractivity contribution < 1.29 is 42.9 Å². The van der Waals surface area contributed by atoms with Crippen LogP contribution in [0.2, 0.25) is 0 Å². The van der Waals surface area contributed by atoms with E-state index in [1.165, 1.54) is 11.0 Å². The summed E-state index contributed by atoms with van der Waals surface area (Å²) in [6.45, 7) is 8.72. The van der Waals surface area contributed by atoms with Crippen molar-refractivity contribution in [3.05, 3.63) is 126 Å². The Balaban J connectivity index is 0.870. The van der Waals surface area contributed by atoms with Gasteiger partial charge in [0.05, 0.1) is 41.0 Å². The van der Waals surface area contributed by atoms with Crippen LogP contribution in [0.5, 0.6) is 5.75 Å². The number of piperidine rings is 1. The molecule has 5 heterocycles. The molecule has 8 rings (SSSR count). The van der Waals surface area contributed by atoms with Gasteiger partial charge in [-0.15, -0.1) is 0 Å². The molecular weight excluding hydrogens is 853 g/mol. The maximum absolute atomic E-state index is 14.2. The lowest BCUT2D eigenvalue weighted by molar-refractivity contribution is -0.198. The van der Waals surface area contributed by atoms with Gasteiger partial charge in [0.15, 0.2) is 18.3 Å². The summed E-state index contributed by atoms with van der Waals surface area (Å²) in [6, 6.07) is 21.5. The number of hydrogen-bond donors (Lipinski definition) is 2. The van der Waals surface area contributed by atoms with Crippen LogP contribution in [-0.2, 0) is 37.3 Å². The molecule has 0 radical (unpaired) electrons. The maximum atomic E-state index is 14.2. The lowest BCUT2D eigenvalue weighted by Gasteiger charge is -2.42. The maximum Gasteiger partial charge on any atom is 0.416 e. The van der Waals surface area contributed by atoms with E-state index in [1.54, 1.807) is 36.0 Å². The third kappa shape index (κ3) is 10.9. The number of aryl methyl sites for hydroxylation is 2. The SMILES string of the molecule is C=CCOC(=O)N1c2cc(OCCCC(=O)Nc3cc(C(=O)Cc4ccc(C5=CC(C)C(C(=O)Nc6ccccc6)=N5)cc4)n(C)c3)c(C)cc2C(=O)N2CCCC[C@H]2C1OC1CCCCO1. The van der Waals surface area contributed by atoms with Crippen molar-refractivity contribution in [3.8, 4) is 5.75 Å². The second-order valence-electron chi connectivity index (χ2n) is 17.4. The molecule has 4 aliphatic rings. The number of carbonyl (C=O) groups excluding carboxylic acids is 5. The predicted octanol–water partition coefficient (Wildman–Crippen LogP) is 8.63. The van der Waals surface area contributed by atoms with Crippen molar-refractivity contribution in [2.24, 2.45) is 18.0 Å². The van der Waals surface area contributed by atoms with E-state index in [0.717, 1.165) is 36.8 Å². The van der Waals surface area contributed by atoms with Gasteiger partial charge in [-0.1, -0.05) is 62.0 Å². The number of anilines is 3. The van der Waals surface area contributed by atoms with Crippen molar-refractivity contribution >= 4 is 58.1 Å². The Bertz CT molecular complexity index is 2560. The number of fused-ring (bicyclic) bond motifs is 2. The molecule has 4 amide bonds. The standard InChI is InChI=1S/C52H58N6O9/c1-5-24-66-52(63)58-42-31-45(33(2)27-39(42)50(62)57-23-11-9-16-41(57)51(58)67-47-18-10-12-25-65-47)64-26-13-17-46(60)53-38-30-43(56(4)32-38)44(59)29-35-19-21-36(22-20-35)40-28-34(3)48(55-40)49(61)54-37-14-7-6-8-15-37/h5-8,14-15,19-22,27-28,30-32,34,41,47,51H,1,9-13,16-18,23-26,29H2,2-4H3,(H,53,60)(H,54,61)/t34?,41-,47?,51?/m0/s1. The van der Waals surface area contributed by atoms with Crippen molar-refractivity contribution in [1.29, 1.82) is 0 Å². The number of ether oxygens (including phenoxy) is 4. The molecular formula is C52H58N6O9. The van der Waals surface area contributed by atoms with Gasteiger partial charge in [-0.25, -0.2) is 14.7 Å². The molecule has 4 atom stereocenters. The summed E-state index contributed by atoms with van der Waals surface area (Å²) in [4.78, 5) is 75.6. The van der Waals surface area contributed by atoms with Crippen molar-refractivity contribution in [3.63, 3.8) is 0 Å². The topological polar surface area (TPSA) is 170 Å². The Labute approximate surface area is 390 Å². The van der Waals surface area contributed by atoms with Crippen molar-refractivity contribution in [2.45, 2.75) is 90.2 Å². The first kappa shape index (κ1) is 46.7. The van der Waals surface area contributed by atoms with E-state index in [-0.39, 0.29) is 55.5 Å². The quantitative estimate of drug-likeness (QED) is 0.0635. The number of nitrogens with zero attached hydrogens (tertiary/aromatic N) is 4. The van der Waals surface area contributed by atoms with Crippen LogP contribution >= 0.6 is 0 Å². The summed E-state index contributed by atoms with van der Waals surface area (Å²) in [6.07, 6.45) is 8.65. The molecule has 4 aliphatic heterocycles. The van der Waals surface area contributed by atoms with E-state index in [9.17, 15) is 24.0 Å². The summed E-state index contributed by atoms with van der Waals surface area (Å²) in [5.74, 6) is -0.488. The summed E-state index contributed by atoms with van der Waals surface area (Å²) in [7, 11) is 1.76. The number of hydrogen-bond acceptors (Lipinski definition) is 10. The number of benzene rings is 3. The molecule has 0 bridgehead atoms. The van der Waals surface area contributed by atoms with Crippen LogP contribution in [0, 0.1) is 12.8 Å². The number of nitrogens with one attached hydrogen (secondary N) is 2. The number of rotatable bonds is 16. The zero-order chi connectivity index (χ0) is 47.0.